The van der Waals surface area contributed by atoms with Crippen molar-refractivity contribution in [1.82, 2.24) is 15.4 Å². The van der Waals surface area contributed by atoms with E-state index in [4.69, 9.17) is 0 Å². The minimum Gasteiger partial charge on any atom is -0.138 e. The van der Waals surface area contributed by atoms with E-state index in [-0.39, 0.29) is 5.41 Å². The maximum absolute atomic E-state index is 4.47. The summed E-state index contributed by atoms with van der Waals surface area (Å²) in [4.78, 5) is 0. The first-order valence-corrected chi connectivity index (χ1v) is 9.15. The second-order valence-electron chi connectivity index (χ2n) is 7.46. The highest BCUT2D eigenvalue weighted by Gasteiger charge is 2.37. The molecule has 0 bridgehead atoms. The van der Waals surface area contributed by atoms with Crippen molar-refractivity contribution in [2.24, 2.45) is 0 Å². The Morgan fingerprint density at radius 1 is 0.667 bits per heavy atom. The maximum atomic E-state index is 4.47. The summed E-state index contributed by atoms with van der Waals surface area (Å²) >= 11 is 0. The Morgan fingerprint density at radius 2 is 1.37 bits per heavy atom. The van der Waals surface area contributed by atoms with Crippen LogP contribution in [-0.2, 0) is 5.41 Å². The molecule has 0 fully saturated rings. The maximum Gasteiger partial charge on any atom is 0.104 e. The summed E-state index contributed by atoms with van der Waals surface area (Å²) in [5, 5.41) is 12.5. The Balaban J connectivity index is 1.80. The molecule has 3 aromatic carbocycles. The summed E-state index contributed by atoms with van der Waals surface area (Å²) in [6, 6.07) is 25.4. The van der Waals surface area contributed by atoms with Crippen LogP contribution in [0.1, 0.15) is 25.0 Å². The van der Waals surface area contributed by atoms with Gasteiger partial charge in [-0.15, -0.1) is 10.2 Å². The number of fused-ring (bicyclic) bond motifs is 3. The van der Waals surface area contributed by atoms with Crippen LogP contribution in [0.4, 0.5) is 0 Å². The van der Waals surface area contributed by atoms with Gasteiger partial charge in [-0.1, -0.05) is 86.6 Å². The van der Waals surface area contributed by atoms with Gasteiger partial charge >= 0.3 is 0 Å². The fourth-order valence-electron chi connectivity index (χ4n) is 4.34. The van der Waals surface area contributed by atoms with Crippen molar-refractivity contribution < 1.29 is 0 Å². The fourth-order valence-corrected chi connectivity index (χ4v) is 4.34. The van der Waals surface area contributed by atoms with Crippen LogP contribution in [0.25, 0.3) is 33.5 Å². The Hall–Kier alpha value is -3.33. The van der Waals surface area contributed by atoms with Gasteiger partial charge in [-0.2, -0.15) is 0 Å². The molecule has 1 aliphatic carbocycles. The van der Waals surface area contributed by atoms with E-state index in [9.17, 15) is 0 Å². The van der Waals surface area contributed by atoms with Crippen LogP contribution in [0.3, 0.4) is 0 Å². The van der Waals surface area contributed by atoms with Crippen LogP contribution in [0.5, 0.6) is 0 Å². The zero-order valence-corrected chi connectivity index (χ0v) is 15.3. The van der Waals surface area contributed by atoms with E-state index in [1.54, 1.807) is 0 Å². The average molecular weight is 349 g/mol. The summed E-state index contributed by atoms with van der Waals surface area (Å²) in [7, 11) is 0. The molecular formula is C24H19N3. The highest BCUT2D eigenvalue weighted by Crippen LogP contribution is 2.52. The molecule has 0 saturated heterocycles. The Bertz CT molecular complexity index is 1150. The van der Waals surface area contributed by atoms with Crippen molar-refractivity contribution in [2.75, 3.05) is 0 Å². The fraction of sp³-hybridized carbons (Fsp3) is 0.125. The number of rotatable bonds is 2. The first kappa shape index (κ1) is 15.9. The molecule has 1 heterocycles. The molecule has 0 amide bonds. The zero-order valence-electron chi connectivity index (χ0n) is 15.3. The van der Waals surface area contributed by atoms with Gasteiger partial charge in [0, 0.05) is 16.5 Å². The first-order valence-electron chi connectivity index (χ1n) is 9.15. The molecule has 0 unspecified atom stereocenters. The summed E-state index contributed by atoms with van der Waals surface area (Å²) < 4.78 is 0. The third kappa shape index (κ3) is 2.32. The Morgan fingerprint density at radius 3 is 2.22 bits per heavy atom. The molecule has 0 radical (unpaired) electrons. The minimum absolute atomic E-state index is 0.0958. The average Bonchev–Trinajstić information content (AvgIpc) is 2.97. The van der Waals surface area contributed by atoms with Crippen molar-refractivity contribution in [1.29, 1.82) is 0 Å². The second-order valence-corrected chi connectivity index (χ2v) is 7.46. The largest absolute Gasteiger partial charge is 0.138 e. The standard InChI is InChI=1S/C24H19N3/c1-24(2)21-14-7-6-11-17(21)18-12-8-13-19(22(18)24)23-20(15-25-27-26-23)16-9-4-3-5-10-16/h3-15H,1-2H3. The van der Waals surface area contributed by atoms with E-state index in [2.05, 4.69) is 83.9 Å². The third-order valence-electron chi connectivity index (χ3n) is 5.56. The number of hydrogen-bond donors (Lipinski definition) is 0. The van der Waals surface area contributed by atoms with Crippen LogP contribution in [-0.4, -0.2) is 15.4 Å². The van der Waals surface area contributed by atoms with E-state index in [0.717, 1.165) is 22.4 Å². The number of aromatic nitrogens is 3. The SMILES string of the molecule is CC1(C)c2ccccc2-c2cccc(-c3nnncc3-c3ccccc3)c21. The van der Waals surface area contributed by atoms with Gasteiger partial charge in [0.1, 0.15) is 5.69 Å². The summed E-state index contributed by atoms with van der Waals surface area (Å²) in [6.45, 7) is 4.58. The molecule has 4 aromatic rings. The Labute approximate surface area is 158 Å². The van der Waals surface area contributed by atoms with Gasteiger partial charge in [0.15, 0.2) is 0 Å². The highest BCUT2D eigenvalue weighted by atomic mass is 15.3. The Kier molecular flexibility index (Phi) is 3.44. The molecule has 130 valence electrons. The number of nitrogens with zero attached hydrogens (tertiary/aromatic N) is 3. The van der Waals surface area contributed by atoms with Crippen molar-refractivity contribution >= 4 is 0 Å². The van der Waals surface area contributed by atoms with Crippen molar-refractivity contribution in [3.05, 3.63) is 90.1 Å². The van der Waals surface area contributed by atoms with Gasteiger partial charge in [-0.25, -0.2) is 0 Å². The summed E-state index contributed by atoms with van der Waals surface area (Å²) in [5.41, 5.74) is 9.28. The number of benzene rings is 3. The predicted molar refractivity (Wildman–Crippen MR) is 108 cm³/mol. The molecule has 27 heavy (non-hydrogen) atoms. The van der Waals surface area contributed by atoms with Gasteiger partial charge in [0.05, 0.1) is 6.20 Å². The van der Waals surface area contributed by atoms with Crippen LogP contribution >= 0.6 is 0 Å². The van der Waals surface area contributed by atoms with E-state index in [0.29, 0.717) is 0 Å². The molecule has 1 aliphatic rings. The van der Waals surface area contributed by atoms with Crippen LogP contribution in [0.2, 0.25) is 0 Å². The summed E-state index contributed by atoms with van der Waals surface area (Å²) in [6.07, 6.45) is 1.81. The lowest BCUT2D eigenvalue weighted by Crippen LogP contribution is -2.16. The third-order valence-corrected chi connectivity index (χ3v) is 5.56. The van der Waals surface area contributed by atoms with E-state index in [1.165, 1.54) is 22.3 Å². The van der Waals surface area contributed by atoms with Gasteiger partial charge < -0.3 is 0 Å². The van der Waals surface area contributed by atoms with Gasteiger partial charge in [-0.05, 0) is 33.0 Å². The summed E-state index contributed by atoms with van der Waals surface area (Å²) in [5.74, 6) is 0. The zero-order chi connectivity index (χ0) is 18.4. The lowest BCUT2D eigenvalue weighted by Gasteiger charge is -2.24. The lowest BCUT2D eigenvalue weighted by molar-refractivity contribution is 0.661. The molecule has 0 N–H and O–H groups in total. The molecule has 3 nitrogen and oxygen atoms in total. The van der Waals surface area contributed by atoms with Crippen molar-refractivity contribution in [3.8, 4) is 33.5 Å². The molecule has 3 heteroatoms. The molecule has 0 atom stereocenters. The van der Waals surface area contributed by atoms with E-state index < -0.39 is 0 Å². The predicted octanol–water partition coefficient (Wildman–Crippen LogP) is 5.51. The molecule has 1 aromatic heterocycles. The van der Waals surface area contributed by atoms with Gasteiger partial charge in [0.25, 0.3) is 0 Å². The van der Waals surface area contributed by atoms with Gasteiger partial charge in [-0.3, -0.25) is 0 Å². The molecule has 0 saturated carbocycles. The molecule has 0 spiro atoms. The monoisotopic (exact) mass is 349 g/mol. The lowest BCUT2D eigenvalue weighted by atomic mass is 9.79. The smallest absolute Gasteiger partial charge is 0.104 e. The molecular weight excluding hydrogens is 330 g/mol. The highest BCUT2D eigenvalue weighted by molar-refractivity contribution is 5.90. The first-order chi connectivity index (χ1) is 13.2. The van der Waals surface area contributed by atoms with E-state index >= 15 is 0 Å². The second kappa shape index (κ2) is 5.85. The van der Waals surface area contributed by atoms with E-state index in [1.807, 2.05) is 24.4 Å². The van der Waals surface area contributed by atoms with Crippen LogP contribution < -0.4 is 0 Å². The topological polar surface area (TPSA) is 38.7 Å². The molecule has 5 rings (SSSR count). The van der Waals surface area contributed by atoms with Gasteiger partial charge in [0.2, 0.25) is 0 Å². The van der Waals surface area contributed by atoms with Crippen molar-refractivity contribution in [3.63, 3.8) is 0 Å². The minimum atomic E-state index is -0.0958. The quantitative estimate of drug-likeness (QED) is 0.479. The number of hydrogen-bond acceptors (Lipinski definition) is 3. The van der Waals surface area contributed by atoms with Crippen LogP contribution in [0, 0.1) is 0 Å². The van der Waals surface area contributed by atoms with Crippen LogP contribution in [0.15, 0.2) is 79.0 Å². The molecule has 0 aliphatic heterocycles. The normalized spacial score (nSPS) is 13.9. The van der Waals surface area contributed by atoms with Crippen molar-refractivity contribution in [2.45, 2.75) is 19.3 Å².